The van der Waals surface area contributed by atoms with E-state index in [-0.39, 0.29) is 39.2 Å². The van der Waals surface area contributed by atoms with Crippen molar-refractivity contribution in [2.45, 2.75) is 87.8 Å². The van der Waals surface area contributed by atoms with Crippen molar-refractivity contribution in [2.24, 2.45) is 0 Å². The van der Waals surface area contributed by atoms with Crippen molar-refractivity contribution in [2.75, 3.05) is 0 Å². The van der Waals surface area contributed by atoms with Crippen LogP contribution in [0.1, 0.15) is 77.9 Å². The Balaban J connectivity index is 0.000000163. The smallest absolute Gasteiger partial charge is 0.309 e. The van der Waals surface area contributed by atoms with Gasteiger partial charge in [0.25, 0.3) is 0 Å². The highest BCUT2D eigenvalue weighted by molar-refractivity contribution is 6.14. The minimum atomic E-state index is -5.01. The Morgan fingerprint density at radius 1 is 0.280 bits per heavy atom. The van der Waals surface area contributed by atoms with Crippen molar-refractivity contribution < 1.29 is 39.5 Å². The first kappa shape index (κ1) is 64.7. The maximum Gasteiger partial charge on any atom is 0.420 e. The fourth-order valence-electron chi connectivity index (χ4n) is 15.3. The van der Waals surface area contributed by atoms with Crippen molar-refractivity contribution in [3.05, 3.63) is 284 Å². The molecule has 0 aliphatic rings. The number of nitriles is 1. The number of aryl methyl sites for hydroxylation is 10. The van der Waals surface area contributed by atoms with E-state index < -0.39 is 35.2 Å². The maximum atomic E-state index is 16.3. The summed E-state index contributed by atoms with van der Waals surface area (Å²) in [5.41, 5.74) is 11.7. The molecule has 0 spiro atoms. The second kappa shape index (κ2) is 23.4. The van der Waals surface area contributed by atoms with Crippen LogP contribution in [0.3, 0.4) is 0 Å². The number of benzene rings is 12. The van der Waals surface area contributed by atoms with E-state index in [9.17, 15) is 31.6 Å². The summed E-state index contributed by atoms with van der Waals surface area (Å²) in [6.07, 6.45) is -14.4. The van der Waals surface area contributed by atoms with Gasteiger partial charge in [0, 0.05) is 54.2 Å². The molecule has 0 aliphatic carbocycles. The molecule has 0 aliphatic heterocycles. The minimum Gasteiger partial charge on any atom is -0.309 e. The average Bonchev–Trinajstić information content (AvgIpc) is 1.48. The van der Waals surface area contributed by atoms with E-state index in [1.165, 1.54) is 41.8 Å². The molecule has 100 heavy (non-hydrogen) atoms. The molecular formula is C86H64F9N5. The van der Waals surface area contributed by atoms with Gasteiger partial charge in [0.05, 0.1) is 78.0 Å². The lowest BCUT2D eigenvalue weighted by molar-refractivity contribution is -0.138. The molecular weight excluding hydrogens is 1270 g/mol. The van der Waals surface area contributed by atoms with Crippen LogP contribution >= 0.6 is 0 Å². The first-order chi connectivity index (χ1) is 47.6. The summed E-state index contributed by atoms with van der Waals surface area (Å²) in [5.74, 6) is 0. The van der Waals surface area contributed by atoms with E-state index in [1.54, 1.807) is 35.8 Å². The molecule has 0 N–H and O–H groups in total. The molecule has 0 saturated heterocycles. The Kier molecular flexibility index (Phi) is 15.2. The highest BCUT2D eigenvalue weighted by Gasteiger charge is 2.43. The minimum absolute atomic E-state index is 0.0669. The second-order valence-corrected chi connectivity index (χ2v) is 26.8. The van der Waals surface area contributed by atoms with Crippen LogP contribution in [-0.2, 0) is 18.5 Å². The molecule has 0 fully saturated rings. The lowest BCUT2D eigenvalue weighted by Crippen LogP contribution is -2.18. The average molecular weight is 1340 g/mol. The molecule has 12 aromatic carbocycles. The van der Waals surface area contributed by atoms with Gasteiger partial charge >= 0.3 is 18.5 Å². The number of nitrogens with zero attached hydrogens (tertiary/aromatic N) is 5. The fraction of sp³-hybridized carbons (Fsp3) is 0.151. The molecule has 16 rings (SSSR count). The summed E-state index contributed by atoms with van der Waals surface area (Å²) in [6.45, 7) is 18.7. The number of halogens is 9. The van der Waals surface area contributed by atoms with Gasteiger partial charge in [0.15, 0.2) is 0 Å². The van der Waals surface area contributed by atoms with E-state index >= 15 is 13.2 Å². The summed E-state index contributed by atoms with van der Waals surface area (Å²) < 4.78 is 145. The molecule has 14 heteroatoms. The van der Waals surface area contributed by atoms with Gasteiger partial charge < -0.3 is 18.3 Å². The zero-order chi connectivity index (χ0) is 70.5. The zero-order valence-corrected chi connectivity index (χ0v) is 56.3. The van der Waals surface area contributed by atoms with Crippen LogP contribution in [0.2, 0.25) is 0 Å². The summed E-state index contributed by atoms with van der Waals surface area (Å²) in [5, 5.41) is 18.2. The van der Waals surface area contributed by atoms with Gasteiger partial charge in [-0.05, 0) is 209 Å². The number of aromatic nitrogens is 4. The van der Waals surface area contributed by atoms with E-state index in [0.717, 1.165) is 111 Å². The Morgan fingerprint density at radius 2 is 0.540 bits per heavy atom. The third-order valence-electron chi connectivity index (χ3n) is 19.6. The third kappa shape index (κ3) is 10.5. The Labute approximate surface area is 570 Å². The predicted molar refractivity (Wildman–Crippen MR) is 388 cm³/mol. The molecule has 16 aromatic rings. The van der Waals surface area contributed by atoms with Gasteiger partial charge in [-0.15, -0.1) is 0 Å². The van der Waals surface area contributed by atoms with Crippen molar-refractivity contribution in [3.8, 4) is 51.1 Å². The number of hydrogen-bond donors (Lipinski definition) is 0. The summed E-state index contributed by atoms with van der Waals surface area (Å²) >= 11 is 0. The highest BCUT2D eigenvalue weighted by Crippen LogP contribution is 2.52. The molecule has 496 valence electrons. The van der Waals surface area contributed by atoms with E-state index in [2.05, 4.69) is 71.3 Å². The van der Waals surface area contributed by atoms with Gasteiger partial charge in [0.2, 0.25) is 0 Å². The highest BCUT2D eigenvalue weighted by atomic mass is 19.4. The van der Waals surface area contributed by atoms with Crippen LogP contribution in [0.25, 0.3) is 132 Å². The van der Waals surface area contributed by atoms with Crippen LogP contribution in [0.5, 0.6) is 0 Å². The molecule has 0 bridgehead atoms. The quantitative estimate of drug-likeness (QED) is 0.153. The molecule has 4 aromatic heterocycles. The third-order valence-corrected chi connectivity index (χ3v) is 19.6. The molecule has 0 saturated carbocycles. The maximum absolute atomic E-state index is 16.3. The second-order valence-electron chi connectivity index (χ2n) is 26.8. The van der Waals surface area contributed by atoms with Gasteiger partial charge in [-0.3, -0.25) is 0 Å². The predicted octanol–water partition coefficient (Wildman–Crippen LogP) is 25.1. The molecule has 0 atom stereocenters. The molecule has 0 amide bonds. The standard InChI is InChI=1S/C43H32F6N2.C43H32F3N3/c1-23-9-13-28-29-14-10-24(2)20-36(29)50(35(28)19-23)34-18-17-32(39-27(5)7-6-8-33(39)42(44,45)46)41(40(34)43(47,48)49)51-37-21-25(3)11-15-30(37)31-16-12-26(4)22-38(31)51;1-24-9-13-29-30-14-10-25(2)20-38(30)48(37(29)19-24)36-18-17-33(41-28(5)7-6-8-35(41)43(44,45)46)42(34(36)23-47)49-39-21-26(3)11-15-31(39)32-16-12-27(4)22-40(32)49/h6-22H,1-5H3;6-22H,1-5H3. The van der Waals surface area contributed by atoms with E-state index in [4.69, 9.17) is 0 Å². The summed E-state index contributed by atoms with van der Waals surface area (Å²) in [6, 6.07) is 64.2. The van der Waals surface area contributed by atoms with E-state index in [0.29, 0.717) is 55.3 Å². The van der Waals surface area contributed by atoms with Crippen LogP contribution in [-0.4, -0.2) is 18.3 Å². The van der Waals surface area contributed by atoms with Crippen LogP contribution in [0.15, 0.2) is 206 Å². The van der Waals surface area contributed by atoms with Crippen molar-refractivity contribution >= 4 is 87.2 Å². The first-order valence-corrected chi connectivity index (χ1v) is 32.8. The van der Waals surface area contributed by atoms with E-state index in [1.807, 2.05) is 139 Å². The molecule has 0 unspecified atom stereocenters. The first-order valence-electron chi connectivity index (χ1n) is 32.8. The van der Waals surface area contributed by atoms with Crippen LogP contribution in [0, 0.1) is 80.6 Å². The monoisotopic (exact) mass is 1340 g/mol. The lowest BCUT2D eigenvalue weighted by Gasteiger charge is -2.26. The Morgan fingerprint density at radius 3 is 0.820 bits per heavy atom. The fourth-order valence-corrected chi connectivity index (χ4v) is 15.3. The molecule has 5 nitrogen and oxygen atoms in total. The van der Waals surface area contributed by atoms with Crippen LogP contribution in [0.4, 0.5) is 39.5 Å². The lowest BCUT2D eigenvalue weighted by atomic mass is 9.90. The summed E-state index contributed by atoms with van der Waals surface area (Å²) in [4.78, 5) is 0. The normalized spacial score (nSPS) is 12.3. The summed E-state index contributed by atoms with van der Waals surface area (Å²) in [7, 11) is 0. The number of fused-ring (bicyclic) bond motifs is 12. The molecule has 0 radical (unpaired) electrons. The largest absolute Gasteiger partial charge is 0.420 e. The SMILES string of the molecule is Cc1ccc2c3ccc(C)cc3n(-c3ccc(-c4c(C)cccc4C(F)(F)F)c(-n4c5cc(C)ccc5c5ccc(C)cc54)c3C#N)c2c1.Cc1ccc2c3ccc(C)cc3n(-c3ccc(-c4c(C)cccc4C(F)(F)F)c(-n4c5cc(C)ccc5c5ccc(C)cc54)c3C(F)(F)F)c2c1. The van der Waals surface area contributed by atoms with Gasteiger partial charge in [-0.2, -0.15) is 44.8 Å². The Hall–Kier alpha value is -11.3. The zero-order valence-electron chi connectivity index (χ0n) is 56.3. The van der Waals surface area contributed by atoms with Crippen LogP contribution < -0.4 is 0 Å². The topological polar surface area (TPSA) is 43.5 Å². The molecule has 4 heterocycles. The van der Waals surface area contributed by atoms with Gasteiger partial charge in [-0.1, -0.05) is 133 Å². The van der Waals surface area contributed by atoms with Crippen molar-refractivity contribution in [1.29, 1.82) is 5.26 Å². The van der Waals surface area contributed by atoms with Gasteiger partial charge in [-0.25, -0.2) is 0 Å². The Bertz CT molecular complexity index is 5950. The van der Waals surface area contributed by atoms with Crippen molar-refractivity contribution in [1.82, 2.24) is 18.3 Å². The van der Waals surface area contributed by atoms with Crippen molar-refractivity contribution in [3.63, 3.8) is 0 Å². The number of rotatable bonds is 6. The number of hydrogen-bond acceptors (Lipinski definition) is 1. The number of alkyl halides is 9. The van der Waals surface area contributed by atoms with Gasteiger partial charge in [0.1, 0.15) is 17.2 Å².